The van der Waals surface area contributed by atoms with Crippen molar-refractivity contribution in [3.05, 3.63) is 46.3 Å². The highest BCUT2D eigenvalue weighted by atomic mass is 32.1. The van der Waals surface area contributed by atoms with Gasteiger partial charge >= 0.3 is 0 Å². The van der Waals surface area contributed by atoms with E-state index in [9.17, 15) is 9.59 Å². The summed E-state index contributed by atoms with van der Waals surface area (Å²) >= 11 is 1.31. The first kappa shape index (κ1) is 18.9. The molecule has 3 N–H and O–H groups in total. The van der Waals surface area contributed by atoms with E-state index in [1.807, 2.05) is 0 Å². The van der Waals surface area contributed by atoms with Crippen molar-refractivity contribution in [3.63, 3.8) is 0 Å². The Labute approximate surface area is 168 Å². The van der Waals surface area contributed by atoms with Gasteiger partial charge in [-0.05, 0) is 28.6 Å². The SMILES string of the molecule is NC(=O)c1ccsc1NC(=O)CN1CCN(Cc2ccc3c(c2)CCO3)CC1. The molecular formula is C20H24N4O3S. The first-order valence-electron chi connectivity index (χ1n) is 9.45. The molecular weight excluding hydrogens is 376 g/mol. The zero-order chi connectivity index (χ0) is 19.5. The van der Waals surface area contributed by atoms with Gasteiger partial charge < -0.3 is 15.8 Å². The second-order valence-corrected chi connectivity index (χ2v) is 8.08. The Morgan fingerprint density at radius 2 is 1.93 bits per heavy atom. The van der Waals surface area contributed by atoms with Crippen LogP contribution in [-0.4, -0.2) is 60.9 Å². The third kappa shape index (κ3) is 4.35. The summed E-state index contributed by atoms with van der Waals surface area (Å²) in [6, 6.07) is 8.09. The van der Waals surface area contributed by atoms with Crippen LogP contribution in [0.1, 0.15) is 21.5 Å². The van der Waals surface area contributed by atoms with Crippen molar-refractivity contribution in [2.75, 3.05) is 44.6 Å². The van der Waals surface area contributed by atoms with E-state index in [0.717, 1.165) is 51.5 Å². The van der Waals surface area contributed by atoms with Crippen molar-refractivity contribution in [2.24, 2.45) is 5.73 Å². The topological polar surface area (TPSA) is 87.9 Å². The number of carbonyl (C=O) groups excluding carboxylic acids is 2. The van der Waals surface area contributed by atoms with E-state index >= 15 is 0 Å². The van der Waals surface area contributed by atoms with E-state index in [1.54, 1.807) is 11.4 Å². The number of thiophene rings is 1. The molecule has 2 amide bonds. The van der Waals surface area contributed by atoms with Gasteiger partial charge in [-0.3, -0.25) is 19.4 Å². The fraction of sp³-hybridized carbons (Fsp3) is 0.400. The number of hydrogen-bond acceptors (Lipinski definition) is 6. The van der Waals surface area contributed by atoms with Gasteiger partial charge in [0.15, 0.2) is 0 Å². The molecule has 2 aromatic rings. The molecule has 0 bridgehead atoms. The van der Waals surface area contributed by atoms with E-state index in [1.165, 1.54) is 22.5 Å². The molecule has 3 heterocycles. The number of benzene rings is 1. The van der Waals surface area contributed by atoms with Gasteiger partial charge in [0.1, 0.15) is 10.8 Å². The largest absolute Gasteiger partial charge is 0.493 e. The Bertz CT molecular complexity index is 874. The summed E-state index contributed by atoms with van der Waals surface area (Å²) < 4.78 is 5.57. The summed E-state index contributed by atoms with van der Waals surface area (Å²) in [4.78, 5) is 28.2. The molecule has 0 unspecified atom stereocenters. The van der Waals surface area contributed by atoms with Crippen LogP contribution in [0.25, 0.3) is 0 Å². The minimum Gasteiger partial charge on any atom is -0.493 e. The van der Waals surface area contributed by atoms with Crippen LogP contribution in [0, 0.1) is 0 Å². The zero-order valence-corrected chi connectivity index (χ0v) is 16.5. The van der Waals surface area contributed by atoms with Crippen LogP contribution in [0.2, 0.25) is 0 Å². The number of amides is 2. The average molecular weight is 401 g/mol. The van der Waals surface area contributed by atoms with Gasteiger partial charge in [0.05, 0.1) is 18.7 Å². The number of fused-ring (bicyclic) bond motifs is 1. The number of anilines is 1. The monoisotopic (exact) mass is 400 g/mol. The molecule has 0 radical (unpaired) electrons. The summed E-state index contributed by atoms with van der Waals surface area (Å²) in [5.41, 5.74) is 8.30. The summed E-state index contributed by atoms with van der Waals surface area (Å²) in [5.74, 6) is 0.380. The average Bonchev–Trinajstić information content (AvgIpc) is 3.32. The Kier molecular flexibility index (Phi) is 5.61. The lowest BCUT2D eigenvalue weighted by atomic mass is 10.1. The predicted molar refractivity (Wildman–Crippen MR) is 109 cm³/mol. The lowest BCUT2D eigenvalue weighted by Crippen LogP contribution is -2.48. The van der Waals surface area contributed by atoms with Crippen LogP contribution in [0.15, 0.2) is 29.6 Å². The highest BCUT2D eigenvalue weighted by Crippen LogP contribution is 2.26. The highest BCUT2D eigenvalue weighted by molar-refractivity contribution is 7.14. The molecule has 8 heteroatoms. The van der Waals surface area contributed by atoms with Crippen molar-refractivity contribution in [3.8, 4) is 5.75 Å². The van der Waals surface area contributed by atoms with Crippen LogP contribution < -0.4 is 15.8 Å². The van der Waals surface area contributed by atoms with Crippen LogP contribution in [0.5, 0.6) is 5.75 Å². The quantitative estimate of drug-likeness (QED) is 0.768. The van der Waals surface area contributed by atoms with Crippen molar-refractivity contribution in [1.82, 2.24) is 9.80 Å². The smallest absolute Gasteiger partial charge is 0.251 e. The molecule has 0 spiro atoms. The highest BCUT2D eigenvalue weighted by Gasteiger charge is 2.21. The summed E-state index contributed by atoms with van der Waals surface area (Å²) in [6.07, 6.45) is 0.994. The molecule has 0 aliphatic carbocycles. The number of hydrogen-bond donors (Lipinski definition) is 2. The fourth-order valence-electron chi connectivity index (χ4n) is 3.67. The van der Waals surface area contributed by atoms with Crippen LogP contribution in [0.4, 0.5) is 5.00 Å². The molecule has 4 rings (SSSR count). The Balaban J connectivity index is 1.24. The number of primary amides is 1. The lowest BCUT2D eigenvalue weighted by Gasteiger charge is -2.34. The summed E-state index contributed by atoms with van der Waals surface area (Å²) in [5, 5.41) is 5.08. The van der Waals surface area contributed by atoms with Gasteiger partial charge in [-0.2, -0.15) is 0 Å². The van der Waals surface area contributed by atoms with E-state index in [0.29, 0.717) is 17.1 Å². The van der Waals surface area contributed by atoms with E-state index in [2.05, 4.69) is 33.3 Å². The molecule has 0 atom stereocenters. The van der Waals surface area contributed by atoms with Crippen LogP contribution >= 0.6 is 11.3 Å². The number of rotatable bonds is 6. The number of nitrogens with zero attached hydrogens (tertiary/aromatic N) is 2. The van der Waals surface area contributed by atoms with E-state index < -0.39 is 5.91 Å². The minimum absolute atomic E-state index is 0.114. The second kappa shape index (κ2) is 8.30. The molecule has 2 aliphatic rings. The second-order valence-electron chi connectivity index (χ2n) is 7.17. The van der Waals surface area contributed by atoms with Crippen LogP contribution in [0.3, 0.4) is 0 Å². The normalized spacial score (nSPS) is 17.1. The molecule has 148 valence electrons. The Hall–Kier alpha value is -2.42. The maximum absolute atomic E-state index is 12.3. The third-order valence-corrected chi connectivity index (χ3v) is 6.01. The molecule has 28 heavy (non-hydrogen) atoms. The minimum atomic E-state index is -0.525. The van der Waals surface area contributed by atoms with E-state index in [4.69, 9.17) is 10.5 Å². The molecule has 1 saturated heterocycles. The third-order valence-electron chi connectivity index (χ3n) is 5.18. The Morgan fingerprint density at radius 1 is 1.14 bits per heavy atom. The maximum atomic E-state index is 12.3. The van der Waals surface area contributed by atoms with Crippen molar-refractivity contribution >= 4 is 28.2 Å². The first-order chi connectivity index (χ1) is 13.6. The van der Waals surface area contributed by atoms with Gasteiger partial charge in [0, 0.05) is 39.1 Å². The van der Waals surface area contributed by atoms with Gasteiger partial charge in [-0.1, -0.05) is 12.1 Å². The molecule has 1 fully saturated rings. The number of nitrogens with two attached hydrogens (primary N) is 1. The van der Waals surface area contributed by atoms with Gasteiger partial charge in [-0.15, -0.1) is 11.3 Å². The lowest BCUT2D eigenvalue weighted by molar-refractivity contribution is -0.117. The number of nitrogens with one attached hydrogen (secondary N) is 1. The summed E-state index contributed by atoms with van der Waals surface area (Å²) in [6.45, 7) is 5.55. The van der Waals surface area contributed by atoms with Gasteiger partial charge in [0.2, 0.25) is 5.91 Å². The van der Waals surface area contributed by atoms with Crippen LogP contribution in [-0.2, 0) is 17.8 Å². The number of piperazine rings is 1. The van der Waals surface area contributed by atoms with E-state index in [-0.39, 0.29) is 5.91 Å². The fourth-order valence-corrected chi connectivity index (χ4v) is 4.48. The molecule has 7 nitrogen and oxygen atoms in total. The summed E-state index contributed by atoms with van der Waals surface area (Å²) in [7, 11) is 0. The van der Waals surface area contributed by atoms with Crippen molar-refractivity contribution in [1.29, 1.82) is 0 Å². The molecule has 0 saturated carbocycles. The van der Waals surface area contributed by atoms with Crippen molar-refractivity contribution in [2.45, 2.75) is 13.0 Å². The molecule has 1 aromatic heterocycles. The molecule has 1 aromatic carbocycles. The first-order valence-corrected chi connectivity index (χ1v) is 10.3. The number of ether oxygens (including phenoxy) is 1. The van der Waals surface area contributed by atoms with Gasteiger partial charge in [-0.25, -0.2) is 0 Å². The zero-order valence-electron chi connectivity index (χ0n) is 15.6. The molecule has 2 aliphatic heterocycles. The van der Waals surface area contributed by atoms with Crippen molar-refractivity contribution < 1.29 is 14.3 Å². The number of carbonyl (C=O) groups is 2. The standard InChI is InChI=1S/C20H24N4O3S/c21-19(26)16-4-10-28-20(16)22-18(25)13-24-7-5-23(6-8-24)12-14-1-2-17-15(11-14)3-9-27-17/h1-2,4,10-11H,3,5-9,12-13H2,(H2,21,26)(H,22,25). The Morgan fingerprint density at radius 3 is 2.71 bits per heavy atom. The maximum Gasteiger partial charge on any atom is 0.251 e. The van der Waals surface area contributed by atoms with Gasteiger partial charge in [0.25, 0.3) is 5.91 Å². The predicted octanol–water partition coefficient (Wildman–Crippen LogP) is 1.54.